The van der Waals surface area contributed by atoms with Gasteiger partial charge in [0.25, 0.3) is 0 Å². The zero-order chi connectivity index (χ0) is 15.3. The summed E-state index contributed by atoms with van der Waals surface area (Å²) in [6, 6.07) is 2.15. The molecule has 0 bridgehead atoms. The van der Waals surface area contributed by atoms with E-state index in [0.717, 1.165) is 42.6 Å². The maximum Gasteiger partial charge on any atom is 0.128 e. The molecule has 0 radical (unpaired) electrons. The van der Waals surface area contributed by atoms with Gasteiger partial charge in [-0.3, -0.25) is 0 Å². The van der Waals surface area contributed by atoms with E-state index >= 15 is 0 Å². The van der Waals surface area contributed by atoms with Crippen LogP contribution in [0.15, 0.2) is 12.3 Å². The second-order valence-electron chi connectivity index (χ2n) is 6.11. The molecule has 21 heavy (non-hydrogen) atoms. The summed E-state index contributed by atoms with van der Waals surface area (Å²) in [5.41, 5.74) is 1.70. The Labute approximate surface area is 134 Å². The molecule has 0 aromatic carbocycles. The lowest BCUT2D eigenvalue weighted by Gasteiger charge is -2.41. The number of nitrogens with zero attached hydrogens (tertiary/aromatic N) is 2. The van der Waals surface area contributed by atoms with Crippen molar-refractivity contribution in [3.63, 3.8) is 0 Å². The van der Waals surface area contributed by atoms with Gasteiger partial charge in [-0.05, 0) is 36.4 Å². The molecule has 0 saturated carbocycles. The van der Waals surface area contributed by atoms with Gasteiger partial charge in [0, 0.05) is 25.8 Å². The largest absolute Gasteiger partial charge is 0.357 e. The minimum atomic E-state index is 0.551. The molecule has 1 saturated heterocycles. The Hall–Kier alpha value is -0.800. The van der Waals surface area contributed by atoms with E-state index in [-0.39, 0.29) is 0 Å². The molecular formula is C17H28ClN3. The Morgan fingerprint density at radius 2 is 1.90 bits per heavy atom. The molecule has 3 nitrogen and oxygen atoms in total. The number of aromatic nitrogens is 1. The summed E-state index contributed by atoms with van der Waals surface area (Å²) in [5.74, 6) is 1.08. The highest BCUT2D eigenvalue weighted by Crippen LogP contribution is 2.39. The van der Waals surface area contributed by atoms with E-state index in [1.165, 1.54) is 25.7 Å². The number of nitrogens with one attached hydrogen (secondary N) is 1. The molecule has 2 rings (SSSR count). The standard InChI is InChI=1S/C17H28ClN3/c1-4-17(5-2)7-9-21(10-8-17)16-11-14(12-19-6-3)15(18)13-20-16/h11,13,19H,4-10,12H2,1-3H3. The van der Waals surface area contributed by atoms with Crippen molar-refractivity contribution in [3.8, 4) is 0 Å². The van der Waals surface area contributed by atoms with Gasteiger partial charge in [0.15, 0.2) is 0 Å². The molecule has 0 amide bonds. The van der Waals surface area contributed by atoms with Crippen LogP contribution in [0.2, 0.25) is 5.02 Å². The van der Waals surface area contributed by atoms with Crippen molar-refractivity contribution >= 4 is 17.4 Å². The van der Waals surface area contributed by atoms with Crippen LogP contribution in [-0.4, -0.2) is 24.6 Å². The number of piperidine rings is 1. The molecule has 1 fully saturated rings. The van der Waals surface area contributed by atoms with Crippen molar-refractivity contribution in [1.29, 1.82) is 0 Å². The van der Waals surface area contributed by atoms with Gasteiger partial charge < -0.3 is 10.2 Å². The molecule has 0 spiro atoms. The summed E-state index contributed by atoms with van der Waals surface area (Å²) in [6.45, 7) is 10.7. The molecule has 1 aliphatic rings. The van der Waals surface area contributed by atoms with Gasteiger partial charge in [0.05, 0.1) is 5.02 Å². The Balaban J connectivity index is 2.06. The van der Waals surface area contributed by atoms with Crippen LogP contribution in [-0.2, 0) is 6.54 Å². The third kappa shape index (κ3) is 3.89. The Morgan fingerprint density at radius 3 is 2.48 bits per heavy atom. The smallest absolute Gasteiger partial charge is 0.128 e. The Morgan fingerprint density at radius 1 is 1.24 bits per heavy atom. The lowest BCUT2D eigenvalue weighted by atomic mass is 9.74. The fourth-order valence-electron chi connectivity index (χ4n) is 3.20. The number of pyridine rings is 1. The minimum absolute atomic E-state index is 0.551. The van der Waals surface area contributed by atoms with E-state index in [9.17, 15) is 0 Å². The summed E-state index contributed by atoms with van der Waals surface area (Å²) in [4.78, 5) is 6.95. The molecule has 4 heteroatoms. The van der Waals surface area contributed by atoms with Crippen LogP contribution >= 0.6 is 11.6 Å². The first-order valence-electron chi connectivity index (χ1n) is 8.24. The third-order valence-corrected chi connectivity index (χ3v) is 5.47. The molecule has 1 aliphatic heterocycles. The maximum atomic E-state index is 6.24. The molecule has 0 atom stereocenters. The van der Waals surface area contributed by atoms with E-state index in [4.69, 9.17) is 11.6 Å². The van der Waals surface area contributed by atoms with Gasteiger partial charge in [-0.25, -0.2) is 4.98 Å². The minimum Gasteiger partial charge on any atom is -0.357 e. The van der Waals surface area contributed by atoms with E-state index < -0.39 is 0 Å². The highest BCUT2D eigenvalue weighted by Gasteiger charge is 2.31. The SMILES string of the molecule is CCNCc1cc(N2CCC(CC)(CC)CC2)ncc1Cl. The maximum absolute atomic E-state index is 6.24. The van der Waals surface area contributed by atoms with Gasteiger partial charge in [-0.15, -0.1) is 0 Å². The summed E-state index contributed by atoms with van der Waals surface area (Å²) in [7, 11) is 0. The van der Waals surface area contributed by atoms with Gasteiger partial charge >= 0.3 is 0 Å². The normalized spacial score (nSPS) is 18.0. The number of hydrogen-bond acceptors (Lipinski definition) is 3. The molecule has 0 unspecified atom stereocenters. The molecule has 1 aromatic rings. The lowest BCUT2D eigenvalue weighted by Crippen LogP contribution is -2.40. The molecule has 118 valence electrons. The second-order valence-corrected chi connectivity index (χ2v) is 6.52. The number of halogens is 1. The zero-order valence-corrected chi connectivity index (χ0v) is 14.3. The average molecular weight is 310 g/mol. The second kappa shape index (κ2) is 7.46. The van der Waals surface area contributed by atoms with Crippen LogP contribution in [0.5, 0.6) is 0 Å². The van der Waals surface area contributed by atoms with Crippen LogP contribution in [0.4, 0.5) is 5.82 Å². The van der Waals surface area contributed by atoms with Crippen LogP contribution in [0, 0.1) is 5.41 Å². The fraction of sp³-hybridized carbons (Fsp3) is 0.706. The lowest BCUT2D eigenvalue weighted by molar-refractivity contribution is 0.199. The van der Waals surface area contributed by atoms with Crippen molar-refractivity contribution in [3.05, 3.63) is 22.8 Å². The van der Waals surface area contributed by atoms with Crippen LogP contribution in [0.3, 0.4) is 0 Å². The number of rotatable bonds is 6. The van der Waals surface area contributed by atoms with Gasteiger partial charge in [-0.2, -0.15) is 0 Å². The predicted molar refractivity (Wildman–Crippen MR) is 91.1 cm³/mol. The summed E-state index contributed by atoms with van der Waals surface area (Å²) < 4.78 is 0. The van der Waals surface area contributed by atoms with Gasteiger partial charge in [0.2, 0.25) is 0 Å². The summed E-state index contributed by atoms with van der Waals surface area (Å²) in [6.07, 6.45) is 6.92. The van der Waals surface area contributed by atoms with Crippen molar-refractivity contribution in [2.75, 3.05) is 24.5 Å². The highest BCUT2D eigenvalue weighted by molar-refractivity contribution is 6.31. The van der Waals surface area contributed by atoms with Crippen molar-refractivity contribution in [2.24, 2.45) is 5.41 Å². The van der Waals surface area contributed by atoms with Crippen molar-refractivity contribution in [1.82, 2.24) is 10.3 Å². The first-order chi connectivity index (χ1) is 10.1. The number of anilines is 1. The highest BCUT2D eigenvalue weighted by atomic mass is 35.5. The Bertz CT molecular complexity index is 447. The van der Waals surface area contributed by atoms with Crippen molar-refractivity contribution in [2.45, 2.75) is 53.0 Å². The van der Waals surface area contributed by atoms with Crippen molar-refractivity contribution < 1.29 is 0 Å². The quantitative estimate of drug-likeness (QED) is 0.851. The van der Waals surface area contributed by atoms with E-state index in [1.54, 1.807) is 6.20 Å². The fourth-order valence-corrected chi connectivity index (χ4v) is 3.37. The third-order valence-electron chi connectivity index (χ3n) is 5.13. The molecule has 0 aliphatic carbocycles. The molecule has 1 aromatic heterocycles. The van der Waals surface area contributed by atoms with Crippen LogP contribution in [0.25, 0.3) is 0 Å². The van der Waals surface area contributed by atoms with E-state index in [2.05, 4.69) is 42.0 Å². The molecule has 2 heterocycles. The van der Waals surface area contributed by atoms with E-state index in [0.29, 0.717) is 5.41 Å². The van der Waals surface area contributed by atoms with Crippen LogP contribution in [0.1, 0.15) is 52.0 Å². The number of hydrogen-bond donors (Lipinski definition) is 1. The molecular weight excluding hydrogens is 282 g/mol. The first-order valence-corrected chi connectivity index (χ1v) is 8.62. The zero-order valence-electron chi connectivity index (χ0n) is 13.6. The topological polar surface area (TPSA) is 28.2 Å². The van der Waals surface area contributed by atoms with Crippen LogP contribution < -0.4 is 10.2 Å². The average Bonchev–Trinajstić information content (AvgIpc) is 2.54. The van der Waals surface area contributed by atoms with Gasteiger partial charge in [-0.1, -0.05) is 45.2 Å². The summed E-state index contributed by atoms with van der Waals surface area (Å²) in [5, 5.41) is 4.09. The van der Waals surface area contributed by atoms with E-state index in [1.807, 2.05) is 0 Å². The van der Waals surface area contributed by atoms with Gasteiger partial charge in [0.1, 0.15) is 5.82 Å². The monoisotopic (exact) mass is 309 g/mol. The first kappa shape index (κ1) is 16.6. The predicted octanol–water partition coefficient (Wildman–Crippen LogP) is 4.25. The Kier molecular flexibility index (Phi) is 5.88. The molecule has 1 N–H and O–H groups in total. The summed E-state index contributed by atoms with van der Waals surface area (Å²) >= 11 is 6.24.